The summed E-state index contributed by atoms with van der Waals surface area (Å²) in [6, 6.07) is 9.98. The first-order valence-electron chi connectivity index (χ1n) is 13.0. The Morgan fingerprint density at radius 1 is 1.00 bits per heavy atom. The second-order valence-corrected chi connectivity index (χ2v) is 9.85. The van der Waals surface area contributed by atoms with Gasteiger partial charge in [0, 0.05) is 16.6 Å². The van der Waals surface area contributed by atoms with Gasteiger partial charge in [-0.2, -0.15) is 0 Å². The number of hydrogen-bond acceptors (Lipinski definition) is 6. The molecule has 2 aromatic rings. The summed E-state index contributed by atoms with van der Waals surface area (Å²) in [6.07, 6.45) is 6.77. The number of aliphatic hydroxyl groups excluding tert-OH is 2. The maximum Gasteiger partial charge on any atom is 0.333 e. The van der Waals surface area contributed by atoms with Gasteiger partial charge in [0.25, 0.3) is 0 Å². The minimum Gasteiger partial charge on any atom is -0.493 e. The Bertz CT molecular complexity index is 1020. The van der Waals surface area contributed by atoms with E-state index in [1.807, 2.05) is 0 Å². The van der Waals surface area contributed by atoms with Crippen molar-refractivity contribution in [3.05, 3.63) is 59.9 Å². The van der Waals surface area contributed by atoms with Crippen LogP contribution in [0, 0.1) is 11.2 Å². The molecule has 6 nitrogen and oxygen atoms in total. The molecule has 0 saturated carbocycles. The third kappa shape index (κ3) is 9.82. The fourth-order valence-electron chi connectivity index (χ4n) is 3.58. The molecule has 0 bridgehead atoms. The van der Waals surface area contributed by atoms with Gasteiger partial charge in [-0.3, -0.25) is 0 Å². The van der Waals surface area contributed by atoms with Crippen LogP contribution in [0.4, 0.5) is 4.39 Å². The van der Waals surface area contributed by atoms with Crippen LogP contribution in [0.15, 0.2) is 48.6 Å². The highest BCUT2D eigenvalue weighted by Crippen LogP contribution is 2.32. The summed E-state index contributed by atoms with van der Waals surface area (Å²) in [5.74, 6) is -0.317. The number of hydrogen-bond donors (Lipinski definition) is 2. The van der Waals surface area contributed by atoms with E-state index in [-0.39, 0.29) is 37.8 Å². The molecular formula is C30H41FO6. The van der Waals surface area contributed by atoms with Gasteiger partial charge in [0.2, 0.25) is 0 Å². The van der Waals surface area contributed by atoms with E-state index in [1.165, 1.54) is 25.3 Å². The zero-order chi connectivity index (χ0) is 27.3. The number of halogens is 1. The Morgan fingerprint density at radius 2 is 1.70 bits per heavy atom. The first kappa shape index (κ1) is 30.3. The van der Waals surface area contributed by atoms with Crippen LogP contribution in [0.2, 0.25) is 0 Å². The number of unbranched alkanes of at least 4 members (excludes halogenated alkanes) is 5. The van der Waals surface area contributed by atoms with E-state index in [0.717, 1.165) is 19.3 Å². The summed E-state index contributed by atoms with van der Waals surface area (Å²) in [4.78, 5) is 12.0. The lowest BCUT2D eigenvalue weighted by molar-refractivity contribution is -0.140. The molecule has 0 spiro atoms. The summed E-state index contributed by atoms with van der Waals surface area (Å²) in [5.41, 5.74) is 1.36. The Hall–Kier alpha value is -2.90. The average molecular weight is 517 g/mol. The van der Waals surface area contributed by atoms with Crippen LogP contribution in [-0.2, 0) is 16.1 Å². The number of ether oxygens (including phenoxy) is 3. The van der Waals surface area contributed by atoms with Crippen molar-refractivity contribution in [1.29, 1.82) is 0 Å². The summed E-state index contributed by atoms with van der Waals surface area (Å²) in [6.45, 7) is 9.07. The largest absolute Gasteiger partial charge is 0.493 e. The molecule has 37 heavy (non-hydrogen) atoms. The summed E-state index contributed by atoms with van der Waals surface area (Å²) in [5, 5.41) is 19.0. The number of rotatable bonds is 17. The van der Waals surface area contributed by atoms with Crippen LogP contribution in [0.3, 0.4) is 0 Å². The molecule has 0 aliphatic heterocycles. The van der Waals surface area contributed by atoms with Crippen molar-refractivity contribution in [3.63, 3.8) is 0 Å². The Morgan fingerprint density at radius 3 is 2.35 bits per heavy atom. The van der Waals surface area contributed by atoms with Crippen molar-refractivity contribution < 1.29 is 33.6 Å². The van der Waals surface area contributed by atoms with Crippen molar-refractivity contribution in [3.8, 4) is 22.6 Å². The van der Waals surface area contributed by atoms with E-state index in [0.29, 0.717) is 29.0 Å². The van der Waals surface area contributed by atoms with Crippen molar-refractivity contribution in [1.82, 2.24) is 0 Å². The highest BCUT2D eigenvalue weighted by atomic mass is 19.1. The van der Waals surface area contributed by atoms with Crippen LogP contribution >= 0.6 is 0 Å². The quantitative estimate of drug-likeness (QED) is 0.147. The highest BCUT2D eigenvalue weighted by molar-refractivity contribution is 5.87. The Kier molecular flexibility index (Phi) is 12.6. The van der Waals surface area contributed by atoms with Gasteiger partial charge in [-0.15, -0.1) is 0 Å². The van der Waals surface area contributed by atoms with Crippen LogP contribution in [0.1, 0.15) is 64.9 Å². The second-order valence-electron chi connectivity index (χ2n) is 9.85. The molecule has 0 fully saturated rings. The van der Waals surface area contributed by atoms with E-state index in [4.69, 9.17) is 14.2 Å². The fourth-order valence-corrected chi connectivity index (χ4v) is 3.58. The minimum atomic E-state index is -0.806. The van der Waals surface area contributed by atoms with Crippen LogP contribution in [0.5, 0.6) is 11.5 Å². The van der Waals surface area contributed by atoms with Gasteiger partial charge in [0.15, 0.2) is 11.6 Å². The fraction of sp³-hybridized carbons (Fsp3) is 0.500. The lowest BCUT2D eigenvalue weighted by Crippen LogP contribution is -2.33. The number of carbonyl (C=O) groups excluding carboxylic acids is 1. The molecule has 0 aliphatic carbocycles. The van der Waals surface area contributed by atoms with E-state index in [2.05, 4.69) is 13.5 Å². The van der Waals surface area contributed by atoms with Crippen molar-refractivity contribution in [2.24, 2.45) is 5.41 Å². The smallest absolute Gasteiger partial charge is 0.333 e. The maximum atomic E-state index is 14.9. The second kappa shape index (κ2) is 15.4. The summed E-state index contributed by atoms with van der Waals surface area (Å²) < 4.78 is 31.7. The van der Waals surface area contributed by atoms with Crippen LogP contribution < -0.4 is 9.47 Å². The molecule has 0 heterocycles. The van der Waals surface area contributed by atoms with Gasteiger partial charge in [-0.05, 0) is 48.7 Å². The third-order valence-electron chi connectivity index (χ3n) is 6.13. The molecule has 0 amide bonds. The molecular weight excluding hydrogens is 475 g/mol. The minimum absolute atomic E-state index is 0.0621. The van der Waals surface area contributed by atoms with Crippen LogP contribution in [0.25, 0.3) is 11.1 Å². The van der Waals surface area contributed by atoms with E-state index in [1.54, 1.807) is 44.2 Å². The molecule has 7 heteroatoms. The molecule has 204 valence electrons. The molecule has 0 aliphatic rings. The van der Waals surface area contributed by atoms with Gasteiger partial charge in [0.1, 0.15) is 12.4 Å². The van der Waals surface area contributed by atoms with Gasteiger partial charge in [0.05, 0.1) is 26.4 Å². The number of esters is 1. The molecule has 2 N–H and O–H groups in total. The molecule has 0 aromatic heterocycles. The molecule has 0 unspecified atom stereocenters. The van der Waals surface area contributed by atoms with E-state index >= 15 is 0 Å². The zero-order valence-electron chi connectivity index (χ0n) is 22.4. The van der Waals surface area contributed by atoms with Crippen molar-refractivity contribution in [2.45, 2.75) is 65.9 Å². The molecule has 0 saturated heterocycles. The zero-order valence-corrected chi connectivity index (χ0v) is 22.4. The Labute approximate surface area is 220 Å². The lowest BCUT2D eigenvalue weighted by atomic mass is 9.94. The highest BCUT2D eigenvalue weighted by Gasteiger charge is 2.24. The average Bonchev–Trinajstić information content (AvgIpc) is 2.90. The Balaban J connectivity index is 2.17. The van der Waals surface area contributed by atoms with Gasteiger partial charge < -0.3 is 24.4 Å². The molecule has 0 radical (unpaired) electrons. The normalized spacial score (nSPS) is 11.3. The lowest BCUT2D eigenvalue weighted by Gasteiger charge is -2.25. The van der Waals surface area contributed by atoms with E-state index < -0.39 is 17.2 Å². The standard InChI is InChI=1S/C30H41FO6/c1-5-6-7-8-9-10-15-35-28-14-11-23(17-27(28)31)26-13-12-25(37-21-30(4,19-32)20-33)16-24(26)18-36-29(34)22(2)3/h11-14,16-17,32-33H,2,5-10,15,18-21H2,1,3-4H3. The monoisotopic (exact) mass is 516 g/mol. The molecule has 2 aromatic carbocycles. The van der Waals surface area contributed by atoms with E-state index in [9.17, 15) is 19.4 Å². The number of aliphatic hydroxyl groups is 2. The van der Waals surface area contributed by atoms with Gasteiger partial charge in [-0.25, -0.2) is 9.18 Å². The van der Waals surface area contributed by atoms with Gasteiger partial charge >= 0.3 is 5.97 Å². The SMILES string of the molecule is C=C(C)C(=O)OCc1cc(OCC(C)(CO)CO)ccc1-c1ccc(OCCCCCCCC)c(F)c1. The number of carbonyl (C=O) groups is 1. The third-order valence-corrected chi connectivity index (χ3v) is 6.13. The topological polar surface area (TPSA) is 85.2 Å². The maximum absolute atomic E-state index is 14.9. The van der Waals surface area contributed by atoms with Crippen molar-refractivity contribution in [2.75, 3.05) is 26.4 Å². The van der Waals surface area contributed by atoms with Crippen molar-refractivity contribution >= 4 is 5.97 Å². The molecule has 2 rings (SSSR count). The first-order chi connectivity index (χ1) is 17.7. The predicted octanol–water partition coefficient (Wildman–Crippen LogP) is 6.22. The summed E-state index contributed by atoms with van der Waals surface area (Å²) >= 11 is 0. The van der Waals surface area contributed by atoms with Gasteiger partial charge in [-0.1, -0.05) is 64.7 Å². The first-order valence-corrected chi connectivity index (χ1v) is 13.0. The molecule has 0 atom stereocenters. The predicted molar refractivity (Wildman–Crippen MR) is 143 cm³/mol. The van der Waals surface area contributed by atoms with Crippen LogP contribution in [-0.4, -0.2) is 42.6 Å². The number of benzene rings is 2. The summed E-state index contributed by atoms with van der Waals surface area (Å²) in [7, 11) is 0.